The lowest BCUT2D eigenvalue weighted by Gasteiger charge is -2.19. The van der Waals surface area contributed by atoms with Crippen LogP contribution in [-0.2, 0) is 10.0 Å². The van der Waals surface area contributed by atoms with Gasteiger partial charge < -0.3 is 14.8 Å². The third kappa shape index (κ3) is 4.22. The Bertz CT molecular complexity index is 640. The van der Waals surface area contributed by atoms with Crippen molar-refractivity contribution in [3.63, 3.8) is 0 Å². The Hall–Kier alpha value is -0.730. The van der Waals surface area contributed by atoms with E-state index in [1.54, 1.807) is 0 Å². The SMILES string of the molecule is CNCC1CCN(S(=O)(=O)c2cc(OC)c(OC)cc2Cl)C1.Cl. The van der Waals surface area contributed by atoms with E-state index in [0.717, 1.165) is 13.0 Å². The summed E-state index contributed by atoms with van der Waals surface area (Å²) in [6.07, 6.45) is 0.838. The molecular weight excluding hydrogens is 363 g/mol. The van der Waals surface area contributed by atoms with Crippen molar-refractivity contribution < 1.29 is 17.9 Å². The molecule has 0 spiro atoms. The fraction of sp³-hybridized carbons (Fsp3) is 0.571. The van der Waals surface area contributed by atoms with Gasteiger partial charge in [0.2, 0.25) is 10.0 Å². The molecule has 1 fully saturated rings. The molecule has 0 radical (unpaired) electrons. The van der Waals surface area contributed by atoms with E-state index >= 15 is 0 Å². The molecule has 0 bridgehead atoms. The molecule has 2 rings (SSSR count). The van der Waals surface area contributed by atoms with Crippen molar-refractivity contribution in [2.45, 2.75) is 11.3 Å². The molecule has 0 saturated carbocycles. The molecule has 1 heterocycles. The Morgan fingerprint density at radius 3 is 2.48 bits per heavy atom. The molecule has 9 heteroatoms. The monoisotopic (exact) mass is 384 g/mol. The number of ether oxygens (including phenoxy) is 2. The quantitative estimate of drug-likeness (QED) is 0.812. The topological polar surface area (TPSA) is 67.9 Å². The molecular formula is C14H22Cl2N2O4S. The largest absolute Gasteiger partial charge is 0.493 e. The van der Waals surface area contributed by atoms with Crippen LogP contribution in [0.3, 0.4) is 0 Å². The first-order valence-corrected chi connectivity index (χ1v) is 8.82. The van der Waals surface area contributed by atoms with Gasteiger partial charge in [-0.25, -0.2) is 8.42 Å². The summed E-state index contributed by atoms with van der Waals surface area (Å²) in [5.74, 6) is 1.07. The molecule has 1 unspecified atom stereocenters. The second kappa shape index (κ2) is 8.39. The first kappa shape index (κ1) is 20.3. The number of nitrogens with zero attached hydrogens (tertiary/aromatic N) is 1. The summed E-state index contributed by atoms with van der Waals surface area (Å²) in [4.78, 5) is 0.0527. The van der Waals surface area contributed by atoms with Gasteiger partial charge in [0.15, 0.2) is 11.5 Å². The predicted molar refractivity (Wildman–Crippen MR) is 92.6 cm³/mol. The molecule has 0 aliphatic carbocycles. The molecule has 0 amide bonds. The summed E-state index contributed by atoms with van der Waals surface area (Å²) in [6, 6.07) is 2.89. The van der Waals surface area contributed by atoms with E-state index in [9.17, 15) is 8.42 Å². The van der Waals surface area contributed by atoms with Gasteiger partial charge in [-0.2, -0.15) is 4.31 Å². The van der Waals surface area contributed by atoms with E-state index in [-0.39, 0.29) is 22.3 Å². The third-order valence-corrected chi connectivity index (χ3v) is 6.13. The maximum absolute atomic E-state index is 12.8. The van der Waals surface area contributed by atoms with Crippen LogP contribution in [0.25, 0.3) is 0 Å². The highest BCUT2D eigenvalue weighted by atomic mass is 35.5. The van der Waals surface area contributed by atoms with Crippen LogP contribution in [0.15, 0.2) is 17.0 Å². The molecule has 1 atom stereocenters. The van der Waals surface area contributed by atoms with Gasteiger partial charge in [-0.3, -0.25) is 0 Å². The number of hydrogen-bond acceptors (Lipinski definition) is 5. The molecule has 1 N–H and O–H groups in total. The maximum atomic E-state index is 12.8. The Labute approximate surface area is 148 Å². The number of rotatable bonds is 6. The highest BCUT2D eigenvalue weighted by Gasteiger charge is 2.34. The second-order valence-electron chi connectivity index (χ2n) is 5.21. The number of halogens is 2. The van der Waals surface area contributed by atoms with E-state index in [0.29, 0.717) is 30.5 Å². The van der Waals surface area contributed by atoms with Crippen LogP contribution in [0.1, 0.15) is 6.42 Å². The third-order valence-electron chi connectivity index (χ3n) is 3.80. The molecule has 0 aromatic heterocycles. The number of sulfonamides is 1. The predicted octanol–water partition coefficient (Wildman–Crippen LogP) is 2.01. The van der Waals surface area contributed by atoms with Gasteiger partial charge in [-0.05, 0) is 25.9 Å². The minimum atomic E-state index is -3.64. The van der Waals surface area contributed by atoms with Gasteiger partial charge in [0.05, 0.1) is 19.2 Å². The van der Waals surface area contributed by atoms with Gasteiger partial charge >= 0.3 is 0 Å². The standard InChI is InChI=1S/C14H21ClN2O4S.ClH/c1-16-8-10-4-5-17(9-10)22(18,19)14-7-13(21-3)12(20-2)6-11(14)15;/h6-7,10,16H,4-5,8-9H2,1-3H3;1H. The second-order valence-corrected chi connectivity index (χ2v) is 7.53. The van der Waals surface area contributed by atoms with Gasteiger partial charge in [-0.15, -0.1) is 12.4 Å². The first-order chi connectivity index (χ1) is 10.4. The summed E-state index contributed by atoms with van der Waals surface area (Å²) < 4.78 is 37.4. The number of methoxy groups -OCH3 is 2. The van der Waals surface area contributed by atoms with Crippen LogP contribution in [-0.4, -0.2) is 53.6 Å². The molecule has 1 aromatic rings. The fourth-order valence-electron chi connectivity index (χ4n) is 2.64. The number of nitrogens with one attached hydrogen (secondary N) is 1. The molecule has 1 saturated heterocycles. The molecule has 1 aliphatic rings. The lowest BCUT2D eigenvalue weighted by molar-refractivity contribution is 0.353. The Morgan fingerprint density at radius 2 is 1.91 bits per heavy atom. The van der Waals surface area contributed by atoms with E-state index < -0.39 is 10.0 Å². The first-order valence-electron chi connectivity index (χ1n) is 7.00. The average molecular weight is 385 g/mol. The highest BCUT2D eigenvalue weighted by Crippen LogP contribution is 2.37. The number of benzene rings is 1. The lowest BCUT2D eigenvalue weighted by atomic mass is 10.1. The molecule has 1 aliphatic heterocycles. The Kier molecular flexibility index (Phi) is 7.41. The van der Waals surface area contributed by atoms with Crippen LogP contribution in [0.5, 0.6) is 11.5 Å². The van der Waals surface area contributed by atoms with Crippen LogP contribution in [0, 0.1) is 5.92 Å². The zero-order chi connectivity index (χ0) is 16.3. The zero-order valence-corrected chi connectivity index (χ0v) is 15.7. The molecule has 6 nitrogen and oxygen atoms in total. The fourth-order valence-corrected chi connectivity index (χ4v) is 4.68. The summed E-state index contributed by atoms with van der Waals surface area (Å²) in [7, 11) is 1.16. The van der Waals surface area contributed by atoms with Crippen molar-refractivity contribution in [1.82, 2.24) is 9.62 Å². The van der Waals surface area contributed by atoms with Crippen LogP contribution < -0.4 is 14.8 Å². The van der Waals surface area contributed by atoms with Crippen LogP contribution >= 0.6 is 24.0 Å². The summed E-state index contributed by atoms with van der Waals surface area (Å²) in [6.45, 7) is 1.79. The van der Waals surface area contributed by atoms with Gasteiger partial charge in [0.25, 0.3) is 0 Å². The van der Waals surface area contributed by atoms with Gasteiger partial charge in [0.1, 0.15) is 4.90 Å². The summed E-state index contributed by atoms with van der Waals surface area (Å²) in [5, 5.41) is 3.22. The molecule has 132 valence electrons. The summed E-state index contributed by atoms with van der Waals surface area (Å²) in [5.41, 5.74) is 0. The van der Waals surface area contributed by atoms with E-state index in [1.807, 2.05) is 7.05 Å². The zero-order valence-electron chi connectivity index (χ0n) is 13.3. The minimum Gasteiger partial charge on any atom is -0.493 e. The van der Waals surface area contributed by atoms with Gasteiger partial charge in [-0.1, -0.05) is 11.6 Å². The highest BCUT2D eigenvalue weighted by molar-refractivity contribution is 7.89. The average Bonchev–Trinajstić information content (AvgIpc) is 2.96. The van der Waals surface area contributed by atoms with Crippen molar-refractivity contribution in [2.24, 2.45) is 5.92 Å². The molecule has 1 aromatic carbocycles. The van der Waals surface area contributed by atoms with E-state index in [2.05, 4.69) is 5.32 Å². The maximum Gasteiger partial charge on any atom is 0.244 e. The van der Waals surface area contributed by atoms with Crippen LogP contribution in [0.2, 0.25) is 5.02 Å². The Morgan fingerprint density at radius 1 is 1.30 bits per heavy atom. The van der Waals surface area contributed by atoms with E-state index in [1.165, 1.54) is 30.7 Å². The Balaban J connectivity index is 0.00000264. The van der Waals surface area contributed by atoms with Crippen molar-refractivity contribution in [3.8, 4) is 11.5 Å². The van der Waals surface area contributed by atoms with Crippen LogP contribution in [0.4, 0.5) is 0 Å². The summed E-state index contributed by atoms with van der Waals surface area (Å²) >= 11 is 6.14. The van der Waals surface area contributed by atoms with Crippen molar-refractivity contribution in [3.05, 3.63) is 17.2 Å². The van der Waals surface area contributed by atoms with Crippen molar-refractivity contribution in [1.29, 1.82) is 0 Å². The minimum absolute atomic E-state index is 0. The smallest absolute Gasteiger partial charge is 0.244 e. The van der Waals surface area contributed by atoms with Gasteiger partial charge in [0, 0.05) is 25.2 Å². The normalized spacial score (nSPS) is 18.5. The van der Waals surface area contributed by atoms with E-state index in [4.69, 9.17) is 21.1 Å². The van der Waals surface area contributed by atoms with Crippen molar-refractivity contribution in [2.75, 3.05) is 40.9 Å². The van der Waals surface area contributed by atoms with Crippen molar-refractivity contribution >= 4 is 34.0 Å². The molecule has 23 heavy (non-hydrogen) atoms. The lowest BCUT2D eigenvalue weighted by Crippen LogP contribution is -2.30. The number of hydrogen-bond donors (Lipinski definition) is 1.